The topological polar surface area (TPSA) is 129 Å². The Labute approximate surface area is 204 Å². The number of carbonyl (C=O) groups is 2. The van der Waals surface area contributed by atoms with Crippen LogP contribution in [0.3, 0.4) is 0 Å². The lowest BCUT2D eigenvalue weighted by molar-refractivity contribution is -0.384. The molecule has 0 unspecified atom stereocenters. The van der Waals surface area contributed by atoms with E-state index in [1.54, 1.807) is 36.4 Å². The third kappa shape index (κ3) is 5.33. The lowest BCUT2D eigenvalue weighted by Crippen LogP contribution is -2.31. The van der Waals surface area contributed by atoms with Crippen LogP contribution in [-0.4, -0.2) is 30.6 Å². The molecule has 2 amide bonds. The molecule has 1 aliphatic rings. The van der Waals surface area contributed by atoms with E-state index < -0.39 is 16.7 Å². The molecular weight excluding hydrogens is 478 g/mol. The Bertz CT molecular complexity index is 1360. The minimum Gasteiger partial charge on any atom is -0.494 e. The van der Waals surface area contributed by atoms with Crippen LogP contribution in [0.15, 0.2) is 66.4 Å². The van der Waals surface area contributed by atoms with Gasteiger partial charge in [0, 0.05) is 6.07 Å². The minimum absolute atomic E-state index is 0.0763. The van der Waals surface area contributed by atoms with Gasteiger partial charge in [-0.1, -0.05) is 29.8 Å². The van der Waals surface area contributed by atoms with Crippen molar-refractivity contribution in [3.63, 3.8) is 0 Å². The Balaban J connectivity index is 1.67. The Morgan fingerprint density at radius 1 is 1.09 bits per heavy atom. The highest BCUT2D eigenvalue weighted by atomic mass is 35.5. The molecule has 4 rings (SSSR count). The van der Waals surface area contributed by atoms with E-state index in [2.05, 4.69) is 10.6 Å². The maximum atomic E-state index is 13.2. The van der Waals surface area contributed by atoms with Gasteiger partial charge in [-0.25, -0.2) is 0 Å². The molecule has 3 aromatic carbocycles. The third-order valence-corrected chi connectivity index (χ3v) is 5.29. The van der Waals surface area contributed by atoms with Crippen LogP contribution >= 0.6 is 11.6 Å². The number of nitro groups is 1. The van der Waals surface area contributed by atoms with Crippen LogP contribution in [-0.2, 0) is 4.79 Å². The Morgan fingerprint density at radius 3 is 2.60 bits per heavy atom. The summed E-state index contributed by atoms with van der Waals surface area (Å²) in [6.07, 6.45) is 1.45. The van der Waals surface area contributed by atoms with E-state index in [4.69, 9.17) is 25.8 Å². The number of fused-ring (bicyclic) bond motifs is 1. The summed E-state index contributed by atoms with van der Waals surface area (Å²) in [5.41, 5.74) is 0.574. The van der Waals surface area contributed by atoms with Crippen LogP contribution < -0.4 is 24.8 Å². The second kappa shape index (κ2) is 10.1. The largest absolute Gasteiger partial charge is 0.494 e. The second-order valence-corrected chi connectivity index (χ2v) is 7.61. The van der Waals surface area contributed by atoms with E-state index in [-0.39, 0.29) is 40.2 Å². The van der Waals surface area contributed by atoms with Crippen LogP contribution in [0.1, 0.15) is 15.9 Å². The highest BCUT2D eigenvalue weighted by molar-refractivity contribution is 6.34. The molecule has 35 heavy (non-hydrogen) atoms. The average molecular weight is 496 g/mol. The fourth-order valence-electron chi connectivity index (χ4n) is 3.25. The van der Waals surface area contributed by atoms with Crippen molar-refractivity contribution in [2.45, 2.75) is 0 Å². The molecule has 0 aromatic heterocycles. The molecule has 0 saturated heterocycles. The number of nitrogens with zero attached hydrogens (tertiary/aromatic N) is 1. The predicted octanol–water partition coefficient (Wildman–Crippen LogP) is 4.40. The SMILES string of the molecule is COc1cc([N+](=O)[O-])ccc1NC(=O)C(=Cc1ccc2c(c1)OCO2)NC(=O)c1ccccc1Cl. The summed E-state index contributed by atoms with van der Waals surface area (Å²) in [5, 5.41) is 16.5. The van der Waals surface area contributed by atoms with Crippen molar-refractivity contribution in [3.05, 3.63) is 92.6 Å². The number of non-ortho nitro benzene ring substituents is 1. The summed E-state index contributed by atoms with van der Waals surface area (Å²) in [7, 11) is 1.32. The molecule has 11 heteroatoms. The highest BCUT2D eigenvalue weighted by Gasteiger charge is 2.20. The Hall–Kier alpha value is -4.57. The van der Waals surface area contributed by atoms with E-state index in [0.29, 0.717) is 17.1 Å². The summed E-state index contributed by atoms with van der Waals surface area (Å²) >= 11 is 6.13. The molecule has 3 aromatic rings. The predicted molar refractivity (Wildman–Crippen MR) is 128 cm³/mol. The minimum atomic E-state index is -0.699. The highest BCUT2D eigenvalue weighted by Crippen LogP contribution is 2.33. The molecule has 0 radical (unpaired) electrons. The molecule has 0 saturated carbocycles. The number of hydrogen-bond acceptors (Lipinski definition) is 7. The molecule has 0 bridgehead atoms. The Kier molecular flexibility index (Phi) is 6.83. The van der Waals surface area contributed by atoms with Crippen LogP contribution in [0.2, 0.25) is 5.02 Å². The van der Waals surface area contributed by atoms with Crippen LogP contribution in [0.5, 0.6) is 17.2 Å². The number of carbonyl (C=O) groups excluding carboxylic acids is 2. The molecule has 0 spiro atoms. The number of halogens is 1. The van der Waals surface area contributed by atoms with Crippen LogP contribution in [0.25, 0.3) is 6.08 Å². The summed E-state index contributed by atoms with van der Waals surface area (Å²) in [6, 6.07) is 15.2. The zero-order valence-electron chi connectivity index (χ0n) is 18.2. The monoisotopic (exact) mass is 495 g/mol. The van der Waals surface area contributed by atoms with Crippen molar-refractivity contribution in [2.75, 3.05) is 19.2 Å². The third-order valence-electron chi connectivity index (χ3n) is 4.96. The number of methoxy groups -OCH3 is 1. The first-order valence-corrected chi connectivity index (χ1v) is 10.5. The summed E-state index contributed by atoms with van der Waals surface area (Å²) in [6.45, 7) is 0.0824. The molecule has 178 valence electrons. The van der Waals surface area contributed by atoms with Crippen molar-refractivity contribution >= 4 is 40.9 Å². The van der Waals surface area contributed by atoms with Gasteiger partial charge in [-0.3, -0.25) is 19.7 Å². The standard InChI is InChI=1S/C24H18ClN3O7/c1-33-21-12-15(28(31)32)7-8-18(21)26-24(30)19(27-23(29)16-4-2-3-5-17(16)25)10-14-6-9-20-22(11-14)35-13-34-20/h2-12H,13H2,1H3,(H,26,30)(H,27,29). The molecule has 10 nitrogen and oxygen atoms in total. The number of nitro benzene ring substituents is 1. The van der Waals surface area contributed by atoms with Gasteiger partial charge < -0.3 is 24.8 Å². The molecule has 1 heterocycles. The van der Waals surface area contributed by atoms with Gasteiger partial charge in [0.1, 0.15) is 11.4 Å². The van der Waals surface area contributed by atoms with Crippen molar-refractivity contribution < 1.29 is 28.7 Å². The quantitative estimate of drug-likeness (QED) is 0.282. The van der Waals surface area contributed by atoms with E-state index in [1.165, 1.54) is 37.5 Å². The number of anilines is 1. The zero-order valence-corrected chi connectivity index (χ0v) is 19.0. The lowest BCUT2D eigenvalue weighted by Gasteiger charge is -2.14. The van der Waals surface area contributed by atoms with E-state index in [9.17, 15) is 19.7 Å². The van der Waals surface area contributed by atoms with Gasteiger partial charge in [0.05, 0.1) is 34.4 Å². The number of nitrogens with one attached hydrogen (secondary N) is 2. The van der Waals surface area contributed by atoms with Crippen LogP contribution in [0.4, 0.5) is 11.4 Å². The number of hydrogen-bond donors (Lipinski definition) is 2. The van der Waals surface area contributed by atoms with Gasteiger partial charge in [-0.2, -0.15) is 0 Å². The smallest absolute Gasteiger partial charge is 0.273 e. The van der Waals surface area contributed by atoms with Crippen molar-refractivity contribution in [3.8, 4) is 17.2 Å². The molecule has 0 fully saturated rings. The fraction of sp³-hybridized carbons (Fsp3) is 0.0833. The number of ether oxygens (including phenoxy) is 3. The van der Waals surface area contributed by atoms with E-state index in [1.807, 2.05) is 0 Å². The van der Waals surface area contributed by atoms with Crippen LogP contribution in [0, 0.1) is 10.1 Å². The second-order valence-electron chi connectivity index (χ2n) is 7.20. The number of amides is 2. The van der Waals surface area contributed by atoms with Gasteiger partial charge >= 0.3 is 0 Å². The Morgan fingerprint density at radius 2 is 1.86 bits per heavy atom. The number of benzene rings is 3. The van der Waals surface area contributed by atoms with Gasteiger partial charge in [-0.05, 0) is 42.0 Å². The first-order valence-electron chi connectivity index (χ1n) is 10.2. The summed E-state index contributed by atoms with van der Waals surface area (Å²) in [4.78, 5) is 36.6. The molecule has 0 atom stereocenters. The number of rotatable bonds is 7. The fourth-order valence-corrected chi connectivity index (χ4v) is 3.47. The summed E-state index contributed by atoms with van der Waals surface area (Å²) < 4.78 is 15.9. The van der Waals surface area contributed by atoms with Crippen molar-refractivity contribution in [1.82, 2.24) is 5.32 Å². The van der Waals surface area contributed by atoms with Gasteiger partial charge in [-0.15, -0.1) is 0 Å². The summed E-state index contributed by atoms with van der Waals surface area (Å²) in [5.74, 6) is -0.173. The zero-order chi connectivity index (χ0) is 24.9. The van der Waals surface area contributed by atoms with Gasteiger partial charge in [0.15, 0.2) is 11.5 Å². The maximum absolute atomic E-state index is 13.2. The maximum Gasteiger partial charge on any atom is 0.273 e. The van der Waals surface area contributed by atoms with Gasteiger partial charge in [0.2, 0.25) is 6.79 Å². The molecule has 0 aliphatic carbocycles. The van der Waals surface area contributed by atoms with Crippen molar-refractivity contribution in [1.29, 1.82) is 0 Å². The van der Waals surface area contributed by atoms with E-state index >= 15 is 0 Å². The lowest BCUT2D eigenvalue weighted by atomic mass is 10.1. The first-order chi connectivity index (χ1) is 16.9. The van der Waals surface area contributed by atoms with Gasteiger partial charge in [0.25, 0.3) is 17.5 Å². The first kappa shape index (κ1) is 23.6. The molecule has 1 aliphatic heterocycles. The molecular formula is C24H18ClN3O7. The average Bonchev–Trinajstić information content (AvgIpc) is 3.32. The molecule has 2 N–H and O–H groups in total. The normalized spacial score (nSPS) is 12.1. The van der Waals surface area contributed by atoms with E-state index in [0.717, 1.165) is 0 Å². The van der Waals surface area contributed by atoms with Crippen molar-refractivity contribution in [2.24, 2.45) is 0 Å².